The second-order valence-corrected chi connectivity index (χ2v) is 7.49. The Hall–Kier alpha value is -2.11. The number of hydrogen-bond acceptors (Lipinski definition) is 4. The predicted molar refractivity (Wildman–Crippen MR) is 107 cm³/mol. The number of ether oxygens (including phenoxy) is 2. The minimum Gasteiger partial charge on any atom is -0.493 e. The maximum atomic E-state index is 5.47. The number of hydrogen-bond donors (Lipinski definition) is 0. The highest BCUT2D eigenvalue weighted by atomic mass is 79.9. The van der Waals surface area contributed by atoms with Gasteiger partial charge in [0.25, 0.3) is 0 Å². The van der Waals surface area contributed by atoms with Gasteiger partial charge in [-0.05, 0) is 53.4 Å². The molecular formula is C21H21BrN2O2. The zero-order valence-corrected chi connectivity index (χ0v) is 16.5. The molecule has 2 heterocycles. The van der Waals surface area contributed by atoms with E-state index in [1.165, 1.54) is 22.1 Å². The van der Waals surface area contributed by atoms with Crippen LogP contribution in [0.3, 0.4) is 0 Å². The van der Waals surface area contributed by atoms with E-state index in [9.17, 15) is 0 Å². The molecule has 0 radical (unpaired) electrons. The summed E-state index contributed by atoms with van der Waals surface area (Å²) in [7, 11) is 3.37. The summed E-state index contributed by atoms with van der Waals surface area (Å²) in [4.78, 5) is 7.06. The van der Waals surface area contributed by atoms with Crippen molar-refractivity contribution in [2.24, 2.45) is 0 Å². The lowest BCUT2D eigenvalue weighted by Gasteiger charge is -2.29. The summed E-state index contributed by atoms with van der Waals surface area (Å²) in [5.41, 5.74) is 4.98. The largest absolute Gasteiger partial charge is 0.493 e. The lowest BCUT2D eigenvalue weighted by Crippen LogP contribution is -2.30. The second kappa shape index (κ2) is 7.25. The summed E-state index contributed by atoms with van der Waals surface area (Å²) in [6.07, 6.45) is 2.87. The fraction of sp³-hybridized carbons (Fsp3) is 0.286. The van der Waals surface area contributed by atoms with Crippen LogP contribution in [0.15, 0.2) is 47.1 Å². The van der Waals surface area contributed by atoms with Crippen molar-refractivity contribution in [1.29, 1.82) is 0 Å². The minimum absolute atomic E-state index is 0.794. The topological polar surface area (TPSA) is 34.6 Å². The molecule has 4 rings (SSSR count). The van der Waals surface area contributed by atoms with E-state index >= 15 is 0 Å². The molecule has 134 valence electrons. The van der Waals surface area contributed by atoms with Gasteiger partial charge in [-0.2, -0.15) is 0 Å². The molecule has 4 nitrogen and oxygen atoms in total. The number of nitrogens with zero attached hydrogens (tertiary/aromatic N) is 2. The van der Waals surface area contributed by atoms with Crippen molar-refractivity contribution >= 4 is 26.8 Å². The highest BCUT2D eigenvalue weighted by Crippen LogP contribution is 2.34. The molecule has 0 atom stereocenters. The molecule has 0 spiro atoms. The minimum atomic E-state index is 0.794. The van der Waals surface area contributed by atoms with Crippen LogP contribution in [0.2, 0.25) is 0 Å². The van der Waals surface area contributed by atoms with E-state index in [4.69, 9.17) is 9.47 Å². The Morgan fingerprint density at radius 3 is 2.62 bits per heavy atom. The van der Waals surface area contributed by atoms with Crippen molar-refractivity contribution in [2.45, 2.75) is 19.5 Å². The summed E-state index contributed by atoms with van der Waals surface area (Å²) in [6.45, 7) is 2.79. The normalized spacial score (nSPS) is 14.3. The molecule has 3 aromatic rings. The zero-order valence-electron chi connectivity index (χ0n) is 15.0. The predicted octanol–water partition coefficient (Wildman–Crippen LogP) is 4.57. The van der Waals surface area contributed by atoms with E-state index in [2.05, 4.69) is 56.1 Å². The van der Waals surface area contributed by atoms with Gasteiger partial charge in [0.15, 0.2) is 11.5 Å². The Labute approximate surface area is 161 Å². The van der Waals surface area contributed by atoms with Crippen LogP contribution < -0.4 is 9.47 Å². The maximum absolute atomic E-state index is 5.47. The van der Waals surface area contributed by atoms with E-state index in [0.29, 0.717) is 0 Å². The molecule has 0 N–H and O–H groups in total. The summed E-state index contributed by atoms with van der Waals surface area (Å²) in [6, 6.07) is 12.6. The zero-order chi connectivity index (χ0) is 18.1. The number of pyridine rings is 1. The third-order valence-electron chi connectivity index (χ3n) is 4.94. The molecule has 0 unspecified atom stereocenters. The van der Waals surface area contributed by atoms with Gasteiger partial charge in [0.1, 0.15) is 0 Å². The molecule has 0 bridgehead atoms. The number of rotatable bonds is 4. The van der Waals surface area contributed by atoms with Gasteiger partial charge in [0, 0.05) is 35.7 Å². The monoisotopic (exact) mass is 412 g/mol. The smallest absolute Gasteiger partial charge is 0.161 e. The van der Waals surface area contributed by atoms with Crippen LogP contribution in [0.25, 0.3) is 10.9 Å². The van der Waals surface area contributed by atoms with E-state index < -0.39 is 0 Å². The SMILES string of the molecule is COc1cc2c(cc1OC)CN(Cc1cc(Br)cc3cccnc13)CC2. The van der Waals surface area contributed by atoms with Crippen molar-refractivity contribution in [2.75, 3.05) is 20.8 Å². The maximum Gasteiger partial charge on any atom is 0.161 e. The van der Waals surface area contributed by atoms with Crippen molar-refractivity contribution in [3.8, 4) is 11.5 Å². The van der Waals surface area contributed by atoms with Crippen LogP contribution in [0, 0.1) is 0 Å². The van der Waals surface area contributed by atoms with Gasteiger partial charge in [-0.15, -0.1) is 0 Å². The molecule has 1 aliphatic heterocycles. The fourth-order valence-electron chi connectivity index (χ4n) is 3.67. The Balaban J connectivity index is 1.62. The van der Waals surface area contributed by atoms with Crippen LogP contribution in [0.1, 0.15) is 16.7 Å². The van der Waals surface area contributed by atoms with Crippen LogP contribution in [0.5, 0.6) is 11.5 Å². The Kier molecular flexibility index (Phi) is 4.83. The van der Waals surface area contributed by atoms with Crippen LogP contribution in [-0.4, -0.2) is 30.6 Å². The number of aromatic nitrogens is 1. The summed E-state index contributed by atoms with van der Waals surface area (Å²) < 4.78 is 12.0. The molecule has 26 heavy (non-hydrogen) atoms. The summed E-state index contributed by atoms with van der Waals surface area (Å²) >= 11 is 3.63. The van der Waals surface area contributed by atoms with Gasteiger partial charge in [0.2, 0.25) is 0 Å². The van der Waals surface area contributed by atoms with Gasteiger partial charge in [-0.25, -0.2) is 0 Å². The third kappa shape index (κ3) is 3.29. The molecule has 0 amide bonds. The number of fused-ring (bicyclic) bond motifs is 2. The Morgan fingerprint density at radius 2 is 1.85 bits per heavy atom. The van der Waals surface area contributed by atoms with Gasteiger partial charge < -0.3 is 9.47 Å². The molecule has 2 aromatic carbocycles. The average Bonchev–Trinajstić information content (AvgIpc) is 2.66. The molecule has 1 aliphatic rings. The lowest BCUT2D eigenvalue weighted by atomic mass is 9.98. The first kappa shape index (κ1) is 17.3. The highest BCUT2D eigenvalue weighted by molar-refractivity contribution is 9.10. The van der Waals surface area contributed by atoms with Crippen LogP contribution in [-0.2, 0) is 19.5 Å². The Bertz CT molecular complexity index is 958. The van der Waals surface area contributed by atoms with Gasteiger partial charge in [-0.3, -0.25) is 9.88 Å². The van der Waals surface area contributed by atoms with E-state index in [0.717, 1.165) is 47.5 Å². The van der Waals surface area contributed by atoms with Crippen LogP contribution in [0.4, 0.5) is 0 Å². The third-order valence-corrected chi connectivity index (χ3v) is 5.40. The van der Waals surface area contributed by atoms with E-state index in [-0.39, 0.29) is 0 Å². The summed E-state index contributed by atoms with van der Waals surface area (Å²) in [5.74, 6) is 1.60. The average molecular weight is 413 g/mol. The first-order valence-electron chi connectivity index (χ1n) is 8.67. The van der Waals surface area contributed by atoms with Crippen molar-refractivity contribution in [1.82, 2.24) is 9.88 Å². The number of benzene rings is 2. The fourth-order valence-corrected chi connectivity index (χ4v) is 4.19. The van der Waals surface area contributed by atoms with Crippen molar-refractivity contribution in [3.63, 3.8) is 0 Å². The second-order valence-electron chi connectivity index (χ2n) is 6.58. The lowest BCUT2D eigenvalue weighted by molar-refractivity contribution is 0.245. The molecule has 1 aromatic heterocycles. The quantitative estimate of drug-likeness (QED) is 0.628. The first-order valence-corrected chi connectivity index (χ1v) is 9.46. The van der Waals surface area contributed by atoms with Crippen LogP contribution >= 0.6 is 15.9 Å². The Morgan fingerprint density at radius 1 is 1.08 bits per heavy atom. The van der Waals surface area contributed by atoms with Gasteiger partial charge in [-0.1, -0.05) is 22.0 Å². The molecule has 5 heteroatoms. The first-order chi connectivity index (χ1) is 12.7. The molecule has 0 saturated carbocycles. The van der Waals surface area contributed by atoms with Crippen molar-refractivity contribution in [3.05, 3.63) is 63.8 Å². The molecule has 0 aliphatic carbocycles. The van der Waals surface area contributed by atoms with E-state index in [1.807, 2.05) is 12.3 Å². The van der Waals surface area contributed by atoms with Gasteiger partial charge in [0.05, 0.1) is 19.7 Å². The van der Waals surface area contributed by atoms with Gasteiger partial charge >= 0.3 is 0 Å². The highest BCUT2D eigenvalue weighted by Gasteiger charge is 2.20. The van der Waals surface area contributed by atoms with E-state index in [1.54, 1.807) is 14.2 Å². The number of methoxy groups -OCH3 is 2. The molecular weight excluding hydrogens is 392 g/mol. The van der Waals surface area contributed by atoms with Crippen molar-refractivity contribution < 1.29 is 9.47 Å². The standard InChI is InChI=1S/C21H21BrN2O2/c1-25-19-10-14-5-7-24(12-16(14)11-20(19)26-2)13-17-9-18(22)8-15-4-3-6-23-21(15)17/h3-4,6,8-11H,5,7,12-13H2,1-2H3. The number of halogens is 1. The molecule has 0 fully saturated rings. The molecule has 0 saturated heterocycles. The summed E-state index contributed by atoms with van der Waals surface area (Å²) in [5, 5.41) is 1.17.